The normalized spacial score (nSPS) is 23.4. The van der Waals surface area contributed by atoms with Crippen molar-refractivity contribution in [2.24, 2.45) is 0 Å². The van der Waals surface area contributed by atoms with E-state index in [1.54, 1.807) is 0 Å². The molecule has 44 heavy (non-hydrogen) atoms. The van der Waals surface area contributed by atoms with E-state index in [1.807, 2.05) is 0 Å². The van der Waals surface area contributed by atoms with E-state index in [2.05, 4.69) is 0 Å². The molecule has 0 aliphatic carbocycles. The van der Waals surface area contributed by atoms with Crippen LogP contribution in [0.5, 0.6) is 5.75 Å². The highest BCUT2D eigenvalue weighted by Gasteiger charge is 2.70. The Bertz CT molecular complexity index is 1540. The van der Waals surface area contributed by atoms with E-state index in [4.69, 9.17) is 9.47 Å². The maximum absolute atomic E-state index is 14.9. The fourth-order valence-electron chi connectivity index (χ4n) is 5.18. The minimum absolute atomic E-state index is 0.0409. The number of nitrogens with zero attached hydrogens (tertiary/aromatic N) is 2. The Balaban J connectivity index is 1.53. The second-order valence-corrected chi connectivity index (χ2v) is 10.2. The molecule has 3 heterocycles. The lowest BCUT2D eigenvalue weighted by Crippen LogP contribution is -2.80. The number of rotatable bonds is 6. The average Bonchev–Trinajstić information content (AvgIpc) is 3.14. The van der Waals surface area contributed by atoms with Crippen LogP contribution in [0.1, 0.15) is 27.0 Å². The summed E-state index contributed by atoms with van der Waals surface area (Å²) >= 11 is 0. The number of aliphatic hydroxyl groups is 10. The maximum Gasteiger partial charge on any atom is 0.354 e. The van der Waals surface area contributed by atoms with Gasteiger partial charge in [0.15, 0.2) is 6.04 Å². The zero-order valence-corrected chi connectivity index (χ0v) is 22.2. The van der Waals surface area contributed by atoms with E-state index in [0.717, 1.165) is 29.2 Å². The molecule has 2 saturated heterocycles. The lowest BCUT2D eigenvalue weighted by atomic mass is 9.90. The molecule has 3 aliphatic rings. The molecule has 3 amide bonds. The number of morpholine rings is 1. The van der Waals surface area contributed by atoms with Gasteiger partial charge in [-0.3, -0.25) is 24.6 Å². The van der Waals surface area contributed by atoms with Gasteiger partial charge in [-0.15, -0.1) is 0 Å². The number of hydrogen-bond acceptors (Lipinski definition) is 16. The van der Waals surface area contributed by atoms with Gasteiger partial charge in [0, 0.05) is 18.7 Å². The van der Waals surface area contributed by atoms with Gasteiger partial charge in [0.2, 0.25) is 0 Å². The van der Waals surface area contributed by atoms with Gasteiger partial charge in [0.1, 0.15) is 11.6 Å². The van der Waals surface area contributed by atoms with E-state index in [0.29, 0.717) is 12.1 Å². The van der Waals surface area contributed by atoms with Gasteiger partial charge in [-0.25, -0.2) is 9.29 Å². The Kier molecular flexibility index (Phi) is 7.33. The molecule has 18 nitrogen and oxygen atoms in total. The van der Waals surface area contributed by atoms with Gasteiger partial charge in [-0.2, -0.15) is 0 Å². The smallest absolute Gasteiger partial charge is 0.354 e. The van der Waals surface area contributed by atoms with Crippen molar-refractivity contribution in [3.8, 4) is 5.75 Å². The standard InChI is InChI=1S/C25H26FN3O15/c26-14-5-4-11(23(37,38)28-6-8-43-9-7-28)10-13(14)25(41,42)44-15-3-1-2-12-16(15)24(39,40)29(19(12)31)17-18(30)27-20(32)22(35,36)21(17,33)34/h1-5,10,17,33-42H,6-9H2,(H,27,30,32). The summed E-state index contributed by atoms with van der Waals surface area (Å²) in [5, 5.41) is 107. The zero-order valence-electron chi connectivity index (χ0n) is 22.2. The molecule has 0 saturated carbocycles. The fourth-order valence-corrected chi connectivity index (χ4v) is 5.18. The van der Waals surface area contributed by atoms with Gasteiger partial charge in [0.05, 0.1) is 29.9 Å². The summed E-state index contributed by atoms with van der Waals surface area (Å²) in [5.74, 6) is -26.4. The van der Waals surface area contributed by atoms with Crippen molar-refractivity contribution in [2.45, 2.75) is 35.4 Å². The predicted octanol–water partition coefficient (Wildman–Crippen LogP) is -5.64. The van der Waals surface area contributed by atoms with Crippen LogP contribution < -0.4 is 10.1 Å². The van der Waals surface area contributed by atoms with Crippen LogP contribution in [0.2, 0.25) is 0 Å². The molecule has 1 unspecified atom stereocenters. The number of carbonyl (C=O) groups is 3. The SMILES string of the molecule is O=C1NC(=O)C(O)(O)C(O)(O)C1N1C(=O)c2cccc(OC(O)(O)c3cc(C(O)(O)N4CCOCC4)ccc3F)c2C1(O)O. The monoisotopic (exact) mass is 627 g/mol. The molecule has 0 spiro atoms. The summed E-state index contributed by atoms with van der Waals surface area (Å²) in [5.41, 5.74) is -3.39. The number of fused-ring (bicyclic) bond motifs is 1. The van der Waals surface area contributed by atoms with E-state index in [-0.39, 0.29) is 31.2 Å². The first kappa shape index (κ1) is 31.7. The predicted molar refractivity (Wildman–Crippen MR) is 132 cm³/mol. The average molecular weight is 627 g/mol. The van der Waals surface area contributed by atoms with Crippen LogP contribution >= 0.6 is 0 Å². The number of piperidine rings is 1. The summed E-state index contributed by atoms with van der Waals surface area (Å²) in [6.45, 7) is 0.346. The van der Waals surface area contributed by atoms with Crippen molar-refractivity contribution in [1.29, 1.82) is 0 Å². The highest BCUT2D eigenvalue weighted by Crippen LogP contribution is 2.46. The Morgan fingerprint density at radius 2 is 1.59 bits per heavy atom. The molecule has 238 valence electrons. The van der Waals surface area contributed by atoms with E-state index in [1.165, 1.54) is 5.32 Å². The van der Waals surface area contributed by atoms with Gasteiger partial charge < -0.3 is 60.5 Å². The van der Waals surface area contributed by atoms with Crippen LogP contribution in [-0.2, 0) is 32.1 Å². The Morgan fingerprint density at radius 3 is 2.23 bits per heavy atom. The van der Waals surface area contributed by atoms with E-state index >= 15 is 0 Å². The largest absolute Gasteiger partial charge is 0.435 e. The minimum Gasteiger partial charge on any atom is -0.435 e. The van der Waals surface area contributed by atoms with Crippen LogP contribution in [0.15, 0.2) is 36.4 Å². The van der Waals surface area contributed by atoms with E-state index in [9.17, 15) is 69.8 Å². The topological polar surface area (TPSA) is 290 Å². The van der Waals surface area contributed by atoms with Crippen LogP contribution in [0.4, 0.5) is 4.39 Å². The third-order valence-corrected chi connectivity index (χ3v) is 7.51. The molecule has 19 heteroatoms. The Labute approximate surface area is 244 Å². The number of carbonyl (C=O) groups excluding carboxylic acids is 3. The number of hydrogen-bond donors (Lipinski definition) is 11. The molecule has 0 radical (unpaired) electrons. The van der Waals surface area contributed by atoms with Crippen LogP contribution in [0.25, 0.3) is 0 Å². The highest BCUT2D eigenvalue weighted by molar-refractivity contribution is 6.09. The molecular weight excluding hydrogens is 601 g/mol. The van der Waals surface area contributed by atoms with Crippen molar-refractivity contribution < 1.29 is 79.3 Å². The van der Waals surface area contributed by atoms with Gasteiger partial charge in [-0.05, 0) is 30.3 Å². The molecule has 0 bridgehead atoms. The number of benzene rings is 2. The molecule has 0 aromatic heterocycles. The molecule has 3 aliphatic heterocycles. The van der Waals surface area contributed by atoms with Crippen LogP contribution in [0, 0.1) is 5.82 Å². The first-order valence-corrected chi connectivity index (χ1v) is 12.6. The quantitative estimate of drug-likeness (QED) is 0.105. The number of ether oxygens (including phenoxy) is 2. The van der Waals surface area contributed by atoms with Crippen molar-refractivity contribution in [2.75, 3.05) is 26.3 Å². The lowest BCUT2D eigenvalue weighted by molar-refractivity contribution is -0.374. The third kappa shape index (κ3) is 4.63. The summed E-state index contributed by atoms with van der Waals surface area (Å²) in [6.07, 6.45) is 0. The number of nitrogens with one attached hydrogen (secondary N) is 1. The second-order valence-electron chi connectivity index (χ2n) is 10.2. The summed E-state index contributed by atoms with van der Waals surface area (Å²) < 4.78 is 25.1. The summed E-state index contributed by atoms with van der Waals surface area (Å²) in [4.78, 5) is 38.4. The third-order valence-electron chi connectivity index (χ3n) is 7.51. The van der Waals surface area contributed by atoms with Crippen molar-refractivity contribution in [1.82, 2.24) is 15.1 Å². The first-order chi connectivity index (χ1) is 20.3. The first-order valence-electron chi connectivity index (χ1n) is 12.6. The van der Waals surface area contributed by atoms with Crippen LogP contribution in [0.3, 0.4) is 0 Å². The fraction of sp³-hybridized carbons (Fsp3) is 0.400. The Hall–Kier alpha value is -3.70. The Morgan fingerprint density at radius 1 is 0.955 bits per heavy atom. The maximum atomic E-state index is 14.9. The van der Waals surface area contributed by atoms with Crippen LogP contribution in [-0.4, -0.2) is 123 Å². The summed E-state index contributed by atoms with van der Waals surface area (Å²) in [7, 11) is 0. The number of amides is 3. The van der Waals surface area contributed by atoms with Gasteiger partial charge in [0.25, 0.3) is 35.3 Å². The molecule has 1 atom stereocenters. The zero-order chi connectivity index (χ0) is 32.6. The molecular formula is C25H26FN3O15. The molecule has 2 aromatic rings. The molecule has 5 rings (SSSR count). The highest BCUT2D eigenvalue weighted by atomic mass is 19.1. The number of halogens is 1. The van der Waals surface area contributed by atoms with Crippen molar-refractivity contribution >= 4 is 17.7 Å². The molecule has 2 fully saturated rings. The minimum atomic E-state index is -4.23. The van der Waals surface area contributed by atoms with Crippen molar-refractivity contribution in [3.05, 3.63) is 64.5 Å². The summed E-state index contributed by atoms with van der Waals surface area (Å²) in [6, 6.07) is 1.96. The van der Waals surface area contributed by atoms with E-state index < -0.39 is 87.0 Å². The number of imide groups is 1. The second kappa shape index (κ2) is 10.2. The lowest BCUT2D eigenvalue weighted by Gasteiger charge is -2.47. The molecule has 11 N–H and O–H groups in total. The van der Waals surface area contributed by atoms with Gasteiger partial charge >= 0.3 is 11.8 Å². The van der Waals surface area contributed by atoms with Gasteiger partial charge in [-0.1, -0.05) is 6.07 Å². The molecule has 2 aromatic carbocycles. The van der Waals surface area contributed by atoms with Crippen molar-refractivity contribution in [3.63, 3.8) is 0 Å².